The van der Waals surface area contributed by atoms with Crippen molar-refractivity contribution >= 4 is 23.9 Å². The lowest BCUT2D eigenvalue weighted by Gasteiger charge is -2.31. The largest absolute Gasteiger partial charge is 0.464 e. The van der Waals surface area contributed by atoms with Gasteiger partial charge in [0.05, 0.1) is 13.2 Å². The average Bonchev–Trinajstić information content (AvgIpc) is 3.02. The molecule has 0 spiro atoms. The fourth-order valence-corrected chi connectivity index (χ4v) is 4.00. The Kier molecular flexibility index (Phi) is 6.44. The predicted molar refractivity (Wildman–Crippen MR) is 98.4 cm³/mol. The number of amides is 2. The van der Waals surface area contributed by atoms with Crippen molar-refractivity contribution in [2.24, 2.45) is 11.8 Å². The minimum atomic E-state index is -2.34. The van der Waals surface area contributed by atoms with Crippen LogP contribution in [0.3, 0.4) is 0 Å². The first-order chi connectivity index (χ1) is 13.4. The second-order valence-corrected chi connectivity index (χ2v) is 8.21. The van der Waals surface area contributed by atoms with E-state index in [1.807, 2.05) is 0 Å². The van der Waals surface area contributed by atoms with Gasteiger partial charge in [0.25, 0.3) is 0 Å². The van der Waals surface area contributed by atoms with Gasteiger partial charge in [0, 0.05) is 11.8 Å². The highest BCUT2D eigenvalue weighted by molar-refractivity contribution is 5.95. The number of carbonyl (C=O) groups is 4. The molecule has 0 bridgehead atoms. The number of halogens is 1. The van der Waals surface area contributed by atoms with Crippen LogP contribution in [0.5, 0.6) is 0 Å². The third kappa shape index (κ3) is 4.45. The number of hydrogen-bond acceptors (Lipinski definition) is 7. The quantitative estimate of drug-likeness (QED) is 0.473. The molecule has 4 atom stereocenters. The van der Waals surface area contributed by atoms with Gasteiger partial charge in [0.2, 0.25) is 11.6 Å². The van der Waals surface area contributed by atoms with Crippen molar-refractivity contribution in [1.82, 2.24) is 10.6 Å². The smallest absolute Gasteiger partial charge is 0.408 e. The molecule has 10 heteroatoms. The second-order valence-electron chi connectivity index (χ2n) is 8.21. The van der Waals surface area contributed by atoms with E-state index in [1.165, 1.54) is 0 Å². The summed E-state index contributed by atoms with van der Waals surface area (Å²) < 4.78 is 30.2. The number of carbonyl (C=O) groups excluding carboxylic acids is 4. The molecule has 9 nitrogen and oxygen atoms in total. The molecule has 0 aromatic heterocycles. The standard InChI is InChI=1S/C19H29FN2O7/c1-6-27-14(24)18(22-12(23)10-21-16(26)29-17(3,4)5)9-8-11-13(18)19(11,20)15(25)28-7-2/h11,13H,6-10H2,1-5H3,(H,21,26)(H,22,23)/t11-,13-,18+,19-/m1/s1. The molecule has 2 amide bonds. The number of hydrogen-bond donors (Lipinski definition) is 2. The third-order valence-corrected chi connectivity index (χ3v) is 5.05. The van der Waals surface area contributed by atoms with Crippen LogP contribution in [0.1, 0.15) is 47.5 Å². The van der Waals surface area contributed by atoms with Crippen LogP contribution in [0.2, 0.25) is 0 Å². The van der Waals surface area contributed by atoms with Crippen LogP contribution >= 0.6 is 0 Å². The molecule has 2 N–H and O–H groups in total. The highest BCUT2D eigenvalue weighted by Crippen LogP contribution is 2.67. The number of alkyl halides is 1. The summed E-state index contributed by atoms with van der Waals surface area (Å²) >= 11 is 0. The van der Waals surface area contributed by atoms with E-state index < -0.39 is 59.1 Å². The number of esters is 2. The second kappa shape index (κ2) is 8.16. The highest BCUT2D eigenvalue weighted by Gasteiger charge is 2.83. The monoisotopic (exact) mass is 416 g/mol. The average molecular weight is 416 g/mol. The Bertz CT molecular complexity index is 693. The van der Waals surface area contributed by atoms with Crippen LogP contribution in [0.4, 0.5) is 9.18 Å². The maximum atomic E-state index is 15.3. The molecule has 0 aromatic rings. The number of ether oxygens (including phenoxy) is 3. The van der Waals surface area contributed by atoms with Crippen molar-refractivity contribution < 1.29 is 37.8 Å². The summed E-state index contributed by atoms with van der Waals surface area (Å²) in [5, 5.41) is 4.79. The fourth-order valence-electron chi connectivity index (χ4n) is 4.00. The highest BCUT2D eigenvalue weighted by atomic mass is 19.1. The van der Waals surface area contributed by atoms with Gasteiger partial charge in [-0.25, -0.2) is 18.8 Å². The maximum absolute atomic E-state index is 15.3. The lowest BCUT2D eigenvalue weighted by molar-refractivity contribution is -0.159. The van der Waals surface area contributed by atoms with E-state index in [2.05, 4.69) is 10.6 Å². The number of rotatable bonds is 7. The molecule has 0 aromatic carbocycles. The van der Waals surface area contributed by atoms with E-state index in [0.717, 1.165) is 0 Å². The Balaban J connectivity index is 2.12. The summed E-state index contributed by atoms with van der Waals surface area (Å²) in [6.45, 7) is 7.71. The van der Waals surface area contributed by atoms with Crippen LogP contribution < -0.4 is 10.6 Å². The molecule has 2 rings (SSSR count). The number of nitrogens with one attached hydrogen (secondary N) is 2. The van der Waals surface area contributed by atoms with Gasteiger partial charge in [-0.3, -0.25) is 4.79 Å². The van der Waals surface area contributed by atoms with E-state index in [0.29, 0.717) is 0 Å². The van der Waals surface area contributed by atoms with Gasteiger partial charge in [-0.1, -0.05) is 0 Å². The van der Waals surface area contributed by atoms with Crippen LogP contribution in [0.15, 0.2) is 0 Å². The summed E-state index contributed by atoms with van der Waals surface area (Å²) in [5.74, 6) is -4.36. The Morgan fingerprint density at radius 1 is 1.07 bits per heavy atom. The Hall–Kier alpha value is -2.39. The Morgan fingerprint density at radius 2 is 1.66 bits per heavy atom. The summed E-state index contributed by atoms with van der Waals surface area (Å²) in [6, 6.07) is 0. The van der Waals surface area contributed by atoms with Crippen LogP contribution in [-0.2, 0) is 28.6 Å². The first-order valence-corrected chi connectivity index (χ1v) is 9.73. The van der Waals surface area contributed by atoms with Gasteiger partial charge in [-0.05, 0) is 47.5 Å². The molecule has 164 valence electrons. The normalized spacial score (nSPS) is 30.0. The molecular formula is C19H29FN2O7. The topological polar surface area (TPSA) is 120 Å². The molecule has 2 fully saturated rings. The van der Waals surface area contributed by atoms with Crippen molar-refractivity contribution in [2.45, 2.75) is 64.3 Å². The molecule has 29 heavy (non-hydrogen) atoms. The molecule has 0 saturated heterocycles. The van der Waals surface area contributed by atoms with E-state index in [9.17, 15) is 19.2 Å². The minimum Gasteiger partial charge on any atom is -0.464 e. The van der Waals surface area contributed by atoms with Crippen LogP contribution in [0.25, 0.3) is 0 Å². The molecule has 0 radical (unpaired) electrons. The third-order valence-electron chi connectivity index (χ3n) is 5.05. The van der Waals surface area contributed by atoms with E-state index >= 15 is 4.39 Å². The van der Waals surface area contributed by atoms with Crippen molar-refractivity contribution in [3.8, 4) is 0 Å². The van der Waals surface area contributed by atoms with Crippen molar-refractivity contribution in [3.05, 3.63) is 0 Å². The van der Waals surface area contributed by atoms with Crippen molar-refractivity contribution in [1.29, 1.82) is 0 Å². The fraction of sp³-hybridized carbons (Fsp3) is 0.789. The summed E-state index contributed by atoms with van der Waals surface area (Å²) in [5.41, 5.74) is -4.77. The van der Waals surface area contributed by atoms with Crippen molar-refractivity contribution in [2.75, 3.05) is 19.8 Å². The van der Waals surface area contributed by atoms with E-state index in [1.54, 1.807) is 34.6 Å². The lowest BCUT2D eigenvalue weighted by Crippen LogP contribution is -2.59. The van der Waals surface area contributed by atoms with E-state index in [4.69, 9.17) is 14.2 Å². The maximum Gasteiger partial charge on any atom is 0.408 e. The van der Waals surface area contributed by atoms with E-state index in [-0.39, 0.29) is 26.1 Å². The van der Waals surface area contributed by atoms with Gasteiger partial charge in [-0.2, -0.15) is 0 Å². The SMILES string of the molecule is CCOC(=O)[C@@]1(F)[C@@H]2CC[C@@](NC(=O)CNC(=O)OC(C)(C)C)(C(=O)OCC)[C@@H]21. The van der Waals surface area contributed by atoms with Gasteiger partial charge in [0.1, 0.15) is 17.7 Å². The van der Waals surface area contributed by atoms with Crippen LogP contribution in [-0.4, -0.2) is 60.5 Å². The van der Waals surface area contributed by atoms with Gasteiger partial charge >= 0.3 is 18.0 Å². The van der Waals surface area contributed by atoms with Crippen LogP contribution in [0, 0.1) is 11.8 Å². The van der Waals surface area contributed by atoms with Gasteiger partial charge < -0.3 is 24.8 Å². The molecule has 2 aliphatic rings. The Morgan fingerprint density at radius 3 is 2.21 bits per heavy atom. The zero-order valence-corrected chi connectivity index (χ0v) is 17.4. The number of fused-ring (bicyclic) bond motifs is 1. The summed E-state index contributed by atoms with van der Waals surface area (Å²) in [6.07, 6.45) is -0.455. The lowest BCUT2D eigenvalue weighted by atomic mass is 9.89. The molecule has 0 unspecified atom stereocenters. The molecule has 0 aliphatic heterocycles. The zero-order valence-electron chi connectivity index (χ0n) is 17.4. The minimum absolute atomic E-state index is 0.00250. The van der Waals surface area contributed by atoms with Gasteiger partial charge in [-0.15, -0.1) is 0 Å². The first kappa shape index (κ1) is 22.9. The van der Waals surface area contributed by atoms with Crippen molar-refractivity contribution in [3.63, 3.8) is 0 Å². The number of alkyl carbamates (subject to hydrolysis) is 1. The molecule has 2 saturated carbocycles. The van der Waals surface area contributed by atoms with Gasteiger partial charge in [0.15, 0.2) is 0 Å². The zero-order chi connectivity index (χ0) is 22.0. The Labute approximate surface area is 169 Å². The first-order valence-electron chi connectivity index (χ1n) is 9.73. The molecular weight excluding hydrogens is 387 g/mol. The summed E-state index contributed by atoms with van der Waals surface area (Å²) in [7, 11) is 0. The predicted octanol–water partition coefficient (Wildman–Crippen LogP) is 1.24. The molecule has 2 aliphatic carbocycles. The summed E-state index contributed by atoms with van der Waals surface area (Å²) in [4.78, 5) is 48.9. The molecule has 0 heterocycles.